The van der Waals surface area contributed by atoms with Crippen molar-refractivity contribution in [2.75, 3.05) is 11.9 Å². The Morgan fingerprint density at radius 2 is 2.03 bits per heavy atom. The fourth-order valence-electron chi connectivity index (χ4n) is 3.60. The summed E-state index contributed by atoms with van der Waals surface area (Å²) in [5.41, 5.74) is 12.3. The third-order valence-electron chi connectivity index (χ3n) is 5.13. The Morgan fingerprint density at radius 3 is 2.62 bits per heavy atom. The first-order valence-corrected chi connectivity index (χ1v) is 10.1. The number of aliphatic hydroxyl groups is 1. The number of carbonyl (C=O) groups is 1. The zero-order valence-corrected chi connectivity index (χ0v) is 17.5. The van der Waals surface area contributed by atoms with E-state index < -0.39 is 11.5 Å². The van der Waals surface area contributed by atoms with Gasteiger partial charge in [0, 0.05) is 35.5 Å². The van der Waals surface area contributed by atoms with Gasteiger partial charge in [-0.15, -0.1) is 0 Å². The SMILES string of the molecule is CC(C)(O)CN[C@H]1CCC(n2cc(C(N)=O)c(Nc3ccc(Cl)cc3)n2)[C@@H](N)C1. The van der Waals surface area contributed by atoms with Crippen LogP contribution in [0.3, 0.4) is 0 Å². The zero-order valence-electron chi connectivity index (χ0n) is 16.7. The van der Waals surface area contributed by atoms with Crippen LogP contribution in [0.25, 0.3) is 0 Å². The molecule has 1 aliphatic rings. The highest BCUT2D eigenvalue weighted by Gasteiger charge is 2.31. The molecular weight excluding hydrogens is 392 g/mol. The molecule has 1 amide bonds. The molecule has 1 fully saturated rings. The van der Waals surface area contributed by atoms with E-state index in [4.69, 9.17) is 23.1 Å². The Morgan fingerprint density at radius 1 is 1.34 bits per heavy atom. The largest absolute Gasteiger partial charge is 0.389 e. The van der Waals surface area contributed by atoms with Crippen molar-refractivity contribution in [3.63, 3.8) is 0 Å². The summed E-state index contributed by atoms with van der Waals surface area (Å²) in [5.74, 6) is -0.156. The summed E-state index contributed by atoms with van der Waals surface area (Å²) in [4.78, 5) is 11.9. The number of rotatable bonds is 7. The van der Waals surface area contributed by atoms with Gasteiger partial charge in [0.25, 0.3) is 5.91 Å². The lowest BCUT2D eigenvalue weighted by Gasteiger charge is -2.35. The van der Waals surface area contributed by atoms with Gasteiger partial charge < -0.3 is 27.2 Å². The molecule has 1 aliphatic carbocycles. The van der Waals surface area contributed by atoms with Gasteiger partial charge in [0.2, 0.25) is 0 Å². The maximum Gasteiger partial charge on any atom is 0.254 e. The Kier molecular flexibility index (Phi) is 6.48. The molecule has 1 unspecified atom stereocenters. The lowest BCUT2D eigenvalue weighted by molar-refractivity contribution is 0.0726. The van der Waals surface area contributed by atoms with E-state index in [2.05, 4.69) is 15.7 Å². The second-order valence-corrected chi connectivity index (χ2v) is 8.74. The summed E-state index contributed by atoms with van der Waals surface area (Å²) in [7, 11) is 0. The van der Waals surface area contributed by atoms with Crippen LogP contribution in [0.2, 0.25) is 5.02 Å². The predicted molar refractivity (Wildman–Crippen MR) is 114 cm³/mol. The molecule has 3 atom stereocenters. The van der Waals surface area contributed by atoms with E-state index in [9.17, 15) is 9.90 Å². The number of nitrogens with two attached hydrogens (primary N) is 2. The number of aromatic nitrogens is 2. The third-order valence-corrected chi connectivity index (χ3v) is 5.38. The van der Waals surface area contributed by atoms with Crippen molar-refractivity contribution in [1.82, 2.24) is 15.1 Å². The van der Waals surface area contributed by atoms with Crippen molar-refractivity contribution in [2.45, 2.75) is 56.8 Å². The number of amides is 1. The maximum atomic E-state index is 11.9. The predicted octanol–water partition coefficient (Wildman–Crippen LogP) is 2.16. The molecule has 1 aromatic carbocycles. The molecule has 7 N–H and O–H groups in total. The van der Waals surface area contributed by atoms with Gasteiger partial charge in [0.05, 0.1) is 11.6 Å². The summed E-state index contributed by atoms with van der Waals surface area (Å²) in [6.45, 7) is 4.06. The quantitative estimate of drug-likeness (QED) is 0.466. The second kappa shape index (κ2) is 8.71. The van der Waals surface area contributed by atoms with Crippen molar-refractivity contribution in [1.29, 1.82) is 0 Å². The number of anilines is 2. The van der Waals surface area contributed by atoms with Crippen LogP contribution in [0.1, 0.15) is 49.5 Å². The van der Waals surface area contributed by atoms with Gasteiger partial charge in [-0.1, -0.05) is 11.6 Å². The minimum atomic E-state index is -0.762. The number of halogens is 1. The van der Waals surface area contributed by atoms with Gasteiger partial charge in [0.15, 0.2) is 5.82 Å². The molecule has 3 rings (SSSR count). The van der Waals surface area contributed by atoms with Gasteiger partial charge >= 0.3 is 0 Å². The van der Waals surface area contributed by atoms with Crippen LogP contribution in [0.15, 0.2) is 30.5 Å². The first-order valence-electron chi connectivity index (χ1n) is 9.75. The van der Waals surface area contributed by atoms with Crippen LogP contribution in [0, 0.1) is 0 Å². The second-order valence-electron chi connectivity index (χ2n) is 8.30. The van der Waals surface area contributed by atoms with E-state index in [1.165, 1.54) is 0 Å². The van der Waals surface area contributed by atoms with E-state index in [0.29, 0.717) is 22.9 Å². The normalized spacial score (nSPS) is 22.4. The number of primary amides is 1. The van der Waals surface area contributed by atoms with Crippen LogP contribution >= 0.6 is 11.6 Å². The molecule has 0 spiro atoms. The molecular formula is C20H29ClN6O2. The topological polar surface area (TPSA) is 131 Å². The Balaban J connectivity index is 1.72. The van der Waals surface area contributed by atoms with Gasteiger partial charge in [-0.2, -0.15) is 5.10 Å². The Bertz CT molecular complexity index is 846. The summed E-state index contributed by atoms with van der Waals surface area (Å²) in [6, 6.07) is 7.19. The van der Waals surface area contributed by atoms with Crippen molar-refractivity contribution in [2.24, 2.45) is 11.5 Å². The number of hydrogen-bond acceptors (Lipinski definition) is 6. The van der Waals surface area contributed by atoms with E-state index in [-0.39, 0.29) is 18.1 Å². The Labute approximate surface area is 175 Å². The third kappa shape index (κ3) is 5.70. The van der Waals surface area contributed by atoms with Crippen molar-refractivity contribution < 1.29 is 9.90 Å². The molecule has 2 aromatic rings. The molecule has 0 aliphatic heterocycles. The van der Waals surface area contributed by atoms with E-state index in [1.54, 1.807) is 49.0 Å². The zero-order chi connectivity index (χ0) is 21.2. The van der Waals surface area contributed by atoms with Crippen molar-refractivity contribution in [3.05, 3.63) is 41.0 Å². The monoisotopic (exact) mass is 420 g/mol. The number of carbonyl (C=O) groups excluding carboxylic acids is 1. The van der Waals surface area contributed by atoms with Gasteiger partial charge in [-0.25, -0.2) is 0 Å². The summed E-state index contributed by atoms with van der Waals surface area (Å²) >= 11 is 5.92. The van der Waals surface area contributed by atoms with Crippen LogP contribution in [-0.4, -0.2) is 45.0 Å². The van der Waals surface area contributed by atoms with Crippen LogP contribution in [0.5, 0.6) is 0 Å². The molecule has 29 heavy (non-hydrogen) atoms. The highest BCUT2D eigenvalue weighted by molar-refractivity contribution is 6.30. The molecule has 9 heteroatoms. The standard InChI is InChI=1S/C20H29ClN6O2/c1-20(2,29)11-24-14-7-8-17(16(22)9-14)27-10-15(18(23)28)19(26-27)25-13-5-3-12(21)4-6-13/h3-6,10,14,16-17,24,29H,7-9,11,22H2,1-2H3,(H2,23,28)(H,25,26)/t14-,16-,17?/m0/s1. The first-order chi connectivity index (χ1) is 13.6. The summed E-state index contributed by atoms with van der Waals surface area (Å²) in [6.07, 6.45) is 4.13. The van der Waals surface area contributed by atoms with Gasteiger partial charge in [0.1, 0.15) is 5.56 Å². The molecule has 1 saturated carbocycles. The minimum absolute atomic E-state index is 0.0333. The molecule has 8 nitrogen and oxygen atoms in total. The van der Waals surface area contributed by atoms with Gasteiger partial charge in [-0.05, 0) is 57.4 Å². The first kappa shape index (κ1) is 21.6. The minimum Gasteiger partial charge on any atom is -0.389 e. The molecule has 158 valence electrons. The molecule has 0 bridgehead atoms. The molecule has 0 radical (unpaired) electrons. The van der Waals surface area contributed by atoms with E-state index >= 15 is 0 Å². The molecule has 1 aromatic heterocycles. The smallest absolute Gasteiger partial charge is 0.254 e. The molecule has 1 heterocycles. The van der Waals surface area contributed by atoms with Crippen LogP contribution < -0.4 is 22.1 Å². The fraction of sp³-hybridized carbons (Fsp3) is 0.500. The lowest BCUT2D eigenvalue weighted by Crippen LogP contribution is -2.48. The summed E-state index contributed by atoms with van der Waals surface area (Å²) < 4.78 is 1.75. The maximum absolute atomic E-state index is 11.9. The highest BCUT2D eigenvalue weighted by atomic mass is 35.5. The van der Waals surface area contributed by atoms with Crippen molar-refractivity contribution in [3.8, 4) is 0 Å². The fourth-order valence-corrected chi connectivity index (χ4v) is 3.73. The number of hydrogen-bond donors (Lipinski definition) is 5. The number of nitrogens with zero attached hydrogens (tertiary/aromatic N) is 2. The van der Waals surface area contributed by atoms with Crippen molar-refractivity contribution >= 4 is 29.0 Å². The average molecular weight is 421 g/mol. The van der Waals surface area contributed by atoms with E-state index in [0.717, 1.165) is 24.9 Å². The van der Waals surface area contributed by atoms with Crippen LogP contribution in [0.4, 0.5) is 11.5 Å². The van der Waals surface area contributed by atoms with E-state index in [1.807, 2.05) is 0 Å². The Hall–Kier alpha value is -2.13. The van der Waals surface area contributed by atoms with Crippen LogP contribution in [-0.2, 0) is 0 Å². The highest BCUT2D eigenvalue weighted by Crippen LogP contribution is 2.30. The number of nitrogens with one attached hydrogen (secondary N) is 2. The van der Waals surface area contributed by atoms with Gasteiger partial charge in [-0.3, -0.25) is 9.48 Å². The lowest BCUT2D eigenvalue weighted by atomic mass is 9.87. The number of benzene rings is 1. The average Bonchev–Trinajstić information content (AvgIpc) is 3.05. The molecule has 0 saturated heterocycles. The summed E-state index contributed by atoms with van der Waals surface area (Å²) in [5, 5.41) is 21.6.